The van der Waals surface area contributed by atoms with Crippen LogP contribution in [0.15, 0.2) is 18.2 Å². The molecule has 1 heterocycles. The van der Waals surface area contributed by atoms with Crippen molar-refractivity contribution >= 4 is 0 Å². The predicted octanol–water partition coefficient (Wildman–Crippen LogP) is 2.99. The van der Waals surface area contributed by atoms with Gasteiger partial charge in [0.05, 0.1) is 5.69 Å². The molecular weight excluding hydrogens is 245 g/mol. The highest BCUT2D eigenvalue weighted by Gasteiger charge is 2.15. The van der Waals surface area contributed by atoms with Crippen LogP contribution in [0.2, 0.25) is 0 Å². The molecule has 4 nitrogen and oxygen atoms in total. The zero-order valence-corrected chi connectivity index (χ0v) is 11.6. The summed E-state index contributed by atoms with van der Waals surface area (Å²) >= 11 is 0. The molecule has 2 rings (SSSR count). The van der Waals surface area contributed by atoms with E-state index in [1.54, 1.807) is 17.7 Å². The smallest absolute Gasteiger partial charge is 0.171 e. The van der Waals surface area contributed by atoms with E-state index in [1.807, 2.05) is 20.9 Å². The first kappa shape index (κ1) is 13.5. The van der Waals surface area contributed by atoms with Crippen LogP contribution in [0.5, 0.6) is 11.5 Å². The molecule has 1 atom stereocenters. The molecule has 0 aliphatic carbocycles. The van der Waals surface area contributed by atoms with Gasteiger partial charge in [0.2, 0.25) is 0 Å². The van der Waals surface area contributed by atoms with Crippen LogP contribution in [0.25, 0.3) is 0 Å². The summed E-state index contributed by atoms with van der Waals surface area (Å²) in [4.78, 5) is 0. The fourth-order valence-corrected chi connectivity index (χ4v) is 1.98. The summed E-state index contributed by atoms with van der Waals surface area (Å²) in [6.07, 6.45) is 0. The third-order valence-corrected chi connectivity index (χ3v) is 3.12. The molecule has 1 aromatic heterocycles. The van der Waals surface area contributed by atoms with Crippen molar-refractivity contribution in [2.45, 2.75) is 26.8 Å². The number of aryl methyl sites for hydroxylation is 2. The van der Waals surface area contributed by atoms with Gasteiger partial charge in [-0.05, 0) is 39.0 Å². The van der Waals surface area contributed by atoms with E-state index in [0.717, 1.165) is 11.4 Å². The van der Waals surface area contributed by atoms with Crippen LogP contribution in [0.3, 0.4) is 0 Å². The van der Waals surface area contributed by atoms with Crippen molar-refractivity contribution in [3.05, 3.63) is 41.0 Å². The Balaban J connectivity index is 2.43. The Kier molecular flexibility index (Phi) is 3.57. The molecule has 5 heteroatoms. The summed E-state index contributed by atoms with van der Waals surface area (Å²) in [5.41, 5.74) is 8.20. The Morgan fingerprint density at radius 2 is 2.05 bits per heavy atom. The normalized spacial score (nSPS) is 12.5. The number of nitrogens with zero attached hydrogens (tertiary/aromatic N) is 2. The van der Waals surface area contributed by atoms with Crippen molar-refractivity contribution < 1.29 is 9.13 Å². The number of hydrogen-bond donors (Lipinski definition) is 1. The van der Waals surface area contributed by atoms with Gasteiger partial charge >= 0.3 is 0 Å². The average molecular weight is 263 g/mol. The fourth-order valence-electron chi connectivity index (χ4n) is 1.98. The Morgan fingerprint density at radius 3 is 2.58 bits per heavy atom. The molecule has 19 heavy (non-hydrogen) atoms. The van der Waals surface area contributed by atoms with Gasteiger partial charge in [0, 0.05) is 18.7 Å². The first-order valence-electron chi connectivity index (χ1n) is 6.13. The standard InChI is InChI=1S/C14H18FN3O/c1-8(16)12-7-11(15)5-6-13(12)19-14-9(2)17-18(4)10(14)3/h5-8H,16H2,1-4H3/t8-/m0/s1. The van der Waals surface area contributed by atoms with Crippen LogP contribution in [-0.2, 0) is 7.05 Å². The van der Waals surface area contributed by atoms with Crippen LogP contribution in [0.1, 0.15) is 29.9 Å². The van der Waals surface area contributed by atoms with E-state index in [-0.39, 0.29) is 11.9 Å². The Labute approximate surface area is 112 Å². The molecule has 0 spiro atoms. The van der Waals surface area contributed by atoms with E-state index in [9.17, 15) is 4.39 Å². The maximum Gasteiger partial charge on any atom is 0.171 e. The molecule has 2 aromatic rings. The Morgan fingerprint density at radius 1 is 1.37 bits per heavy atom. The van der Waals surface area contributed by atoms with Gasteiger partial charge in [-0.2, -0.15) is 5.10 Å². The first-order chi connectivity index (χ1) is 8.90. The van der Waals surface area contributed by atoms with Crippen LogP contribution < -0.4 is 10.5 Å². The van der Waals surface area contributed by atoms with Crippen molar-refractivity contribution in [3.63, 3.8) is 0 Å². The molecule has 0 unspecified atom stereocenters. The fraction of sp³-hybridized carbons (Fsp3) is 0.357. The van der Waals surface area contributed by atoms with E-state index < -0.39 is 0 Å². The number of ether oxygens (including phenoxy) is 1. The minimum absolute atomic E-state index is 0.303. The minimum Gasteiger partial charge on any atom is -0.453 e. The van der Waals surface area contributed by atoms with E-state index in [2.05, 4.69) is 5.10 Å². The lowest BCUT2D eigenvalue weighted by Crippen LogP contribution is -2.07. The second-order valence-electron chi connectivity index (χ2n) is 4.70. The zero-order valence-electron chi connectivity index (χ0n) is 11.6. The predicted molar refractivity (Wildman–Crippen MR) is 71.8 cm³/mol. The van der Waals surface area contributed by atoms with Gasteiger partial charge in [-0.15, -0.1) is 0 Å². The molecule has 0 bridgehead atoms. The highest BCUT2D eigenvalue weighted by Crippen LogP contribution is 2.32. The molecule has 0 fully saturated rings. The largest absolute Gasteiger partial charge is 0.453 e. The van der Waals surface area contributed by atoms with Gasteiger partial charge in [0.25, 0.3) is 0 Å². The number of nitrogens with two attached hydrogens (primary N) is 1. The van der Waals surface area contributed by atoms with E-state index in [0.29, 0.717) is 17.1 Å². The van der Waals surface area contributed by atoms with Gasteiger partial charge in [0.15, 0.2) is 5.75 Å². The molecule has 0 aliphatic rings. The number of aromatic nitrogens is 2. The monoisotopic (exact) mass is 263 g/mol. The second-order valence-corrected chi connectivity index (χ2v) is 4.70. The van der Waals surface area contributed by atoms with Crippen molar-refractivity contribution in [1.82, 2.24) is 9.78 Å². The molecular formula is C14H18FN3O. The quantitative estimate of drug-likeness (QED) is 0.926. The molecule has 102 valence electrons. The number of halogens is 1. The number of rotatable bonds is 3. The Bertz CT molecular complexity index is 605. The maximum atomic E-state index is 13.3. The van der Waals surface area contributed by atoms with E-state index in [1.165, 1.54) is 12.1 Å². The average Bonchev–Trinajstić information content (AvgIpc) is 2.57. The van der Waals surface area contributed by atoms with Crippen LogP contribution in [-0.4, -0.2) is 9.78 Å². The maximum absolute atomic E-state index is 13.3. The summed E-state index contributed by atoms with van der Waals surface area (Å²) < 4.78 is 20.9. The molecule has 0 amide bonds. The van der Waals surface area contributed by atoms with Gasteiger partial charge in [0.1, 0.15) is 17.3 Å². The number of benzene rings is 1. The zero-order chi connectivity index (χ0) is 14.2. The van der Waals surface area contributed by atoms with Gasteiger partial charge in [-0.1, -0.05) is 0 Å². The molecule has 2 N–H and O–H groups in total. The lowest BCUT2D eigenvalue weighted by Gasteiger charge is -2.14. The SMILES string of the molecule is Cc1nn(C)c(C)c1Oc1ccc(F)cc1[C@H](C)N. The van der Waals surface area contributed by atoms with Crippen LogP contribution in [0.4, 0.5) is 4.39 Å². The van der Waals surface area contributed by atoms with Gasteiger partial charge < -0.3 is 10.5 Å². The molecule has 0 saturated heterocycles. The van der Waals surface area contributed by atoms with Crippen molar-refractivity contribution in [3.8, 4) is 11.5 Å². The summed E-state index contributed by atoms with van der Waals surface area (Å²) in [5.74, 6) is 0.936. The minimum atomic E-state index is -0.320. The Hall–Kier alpha value is -1.88. The third-order valence-electron chi connectivity index (χ3n) is 3.12. The van der Waals surface area contributed by atoms with Gasteiger partial charge in [-0.3, -0.25) is 4.68 Å². The van der Waals surface area contributed by atoms with E-state index >= 15 is 0 Å². The highest BCUT2D eigenvalue weighted by atomic mass is 19.1. The molecule has 0 radical (unpaired) electrons. The second kappa shape index (κ2) is 5.01. The lowest BCUT2D eigenvalue weighted by atomic mass is 10.1. The van der Waals surface area contributed by atoms with Crippen molar-refractivity contribution in [2.75, 3.05) is 0 Å². The summed E-state index contributed by atoms with van der Waals surface area (Å²) in [6.45, 7) is 5.59. The number of hydrogen-bond acceptors (Lipinski definition) is 3. The summed E-state index contributed by atoms with van der Waals surface area (Å²) in [7, 11) is 1.85. The molecule has 0 aliphatic heterocycles. The third kappa shape index (κ3) is 2.61. The summed E-state index contributed by atoms with van der Waals surface area (Å²) in [5, 5.41) is 4.29. The van der Waals surface area contributed by atoms with E-state index in [4.69, 9.17) is 10.5 Å². The van der Waals surface area contributed by atoms with Crippen LogP contribution >= 0.6 is 0 Å². The van der Waals surface area contributed by atoms with Crippen LogP contribution in [0, 0.1) is 19.7 Å². The van der Waals surface area contributed by atoms with Gasteiger partial charge in [-0.25, -0.2) is 4.39 Å². The molecule has 1 aromatic carbocycles. The molecule has 0 saturated carbocycles. The van der Waals surface area contributed by atoms with Crippen molar-refractivity contribution in [2.24, 2.45) is 12.8 Å². The lowest BCUT2D eigenvalue weighted by molar-refractivity contribution is 0.461. The first-order valence-corrected chi connectivity index (χ1v) is 6.13. The van der Waals surface area contributed by atoms with Crippen molar-refractivity contribution in [1.29, 1.82) is 0 Å². The summed E-state index contributed by atoms with van der Waals surface area (Å²) in [6, 6.07) is 4.06. The topological polar surface area (TPSA) is 53.1 Å². The highest BCUT2D eigenvalue weighted by molar-refractivity contribution is 5.42.